The fraction of sp³-hybridized carbons (Fsp3) is 0.100. The molecule has 25 heavy (non-hydrogen) atoms. The number of nitriles is 1. The average Bonchev–Trinajstić information content (AvgIpc) is 2.62. The van der Waals surface area contributed by atoms with E-state index >= 15 is 0 Å². The van der Waals surface area contributed by atoms with Gasteiger partial charge in [0.1, 0.15) is 24.0 Å². The van der Waals surface area contributed by atoms with Crippen LogP contribution in [0, 0.1) is 18.3 Å². The molecule has 0 bridgehead atoms. The molecule has 0 aliphatic carbocycles. The van der Waals surface area contributed by atoms with E-state index in [4.69, 9.17) is 16.3 Å². The van der Waals surface area contributed by atoms with Gasteiger partial charge >= 0.3 is 0 Å². The van der Waals surface area contributed by atoms with Crippen molar-refractivity contribution in [2.75, 3.05) is 11.9 Å². The SMILES string of the molecule is C=CCOc1cccc(/C=C(/C#N)C(=O)Nc2cccc(Cl)c2C)c1. The lowest BCUT2D eigenvalue weighted by molar-refractivity contribution is -0.112. The molecule has 0 saturated carbocycles. The smallest absolute Gasteiger partial charge is 0.266 e. The minimum absolute atomic E-state index is 0.0137. The molecular weight excluding hydrogens is 336 g/mol. The van der Waals surface area contributed by atoms with Gasteiger partial charge in [-0.05, 0) is 48.4 Å². The van der Waals surface area contributed by atoms with Gasteiger partial charge in [-0.25, -0.2) is 0 Å². The normalized spacial score (nSPS) is 10.7. The number of carbonyl (C=O) groups excluding carboxylic acids is 1. The number of ether oxygens (including phenoxy) is 1. The Bertz CT molecular complexity index is 866. The average molecular weight is 353 g/mol. The van der Waals surface area contributed by atoms with Gasteiger partial charge < -0.3 is 10.1 Å². The Morgan fingerprint density at radius 2 is 2.12 bits per heavy atom. The maximum Gasteiger partial charge on any atom is 0.266 e. The highest BCUT2D eigenvalue weighted by Crippen LogP contribution is 2.23. The lowest BCUT2D eigenvalue weighted by atomic mass is 10.1. The Hall–Kier alpha value is -3.03. The first kappa shape index (κ1) is 18.3. The molecule has 0 spiro atoms. The predicted molar refractivity (Wildman–Crippen MR) is 101 cm³/mol. The molecule has 2 aromatic carbocycles. The number of benzene rings is 2. The first-order valence-electron chi connectivity index (χ1n) is 7.57. The second-order valence-corrected chi connectivity index (χ2v) is 5.62. The van der Waals surface area contributed by atoms with Gasteiger partial charge in [-0.3, -0.25) is 4.79 Å². The van der Waals surface area contributed by atoms with Crippen LogP contribution in [-0.4, -0.2) is 12.5 Å². The maximum atomic E-state index is 12.4. The van der Waals surface area contributed by atoms with E-state index in [9.17, 15) is 10.1 Å². The van der Waals surface area contributed by atoms with E-state index in [2.05, 4.69) is 11.9 Å². The van der Waals surface area contributed by atoms with Crippen molar-refractivity contribution in [2.45, 2.75) is 6.92 Å². The maximum absolute atomic E-state index is 12.4. The van der Waals surface area contributed by atoms with Crippen LogP contribution < -0.4 is 10.1 Å². The molecule has 126 valence electrons. The molecule has 0 atom stereocenters. The van der Waals surface area contributed by atoms with Crippen molar-refractivity contribution in [3.05, 3.63) is 76.8 Å². The second kappa shape index (κ2) is 8.72. The number of carbonyl (C=O) groups is 1. The van der Waals surface area contributed by atoms with Crippen LogP contribution in [0.25, 0.3) is 6.08 Å². The van der Waals surface area contributed by atoms with Crippen LogP contribution in [0.5, 0.6) is 5.75 Å². The van der Waals surface area contributed by atoms with Gasteiger partial charge in [0.05, 0.1) is 0 Å². The number of anilines is 1. The van der Waals surface area contributed by atoms with Gasteiger partial charge in [-0.15, -0.1) is 0 Å². The van der Waals surface area contributed by atoms with E-state index < -0.39 is 5.91 Å². The van der Waals surface area contributed by atoms with E-state index in [1.54, 1.807) is 55.5 Å². The molecule has 1 amide bonds. The predicted octanol–water partition coefficient (Wildman–Crippen LogP) is 4.76. The molecule has 0 aromatic heterocycles. The molecule has 0 aliphatic heterocycles. The molecule has 0 fully saturated rings. The first-order chi connectivity index (χ1) is 12.0. The molecule has 2 aromatic rings. The molecule has 0 unspecified atom stereocenters. The molecule has 1 N–H and O–H groups in total. The number of nitrogens with one attached hydrogen (secondary N) is 1. The van der Waals surface area contributed by atoms with Crippen molar-refractivity contribution < 1.29 is 9.53 Å². The summed E-state index contributed by atoms with van der Waals surface area (Å²) in [5.74, 6) is 0.141. The highest BCUT2D eigenvalue weighted by molar-refractivity contribution is 6.31. The third-order valence-corrected chi connectivity index (χ3v) is 3.83. The summed E-state index contributed by atoms with van der Waals surface area (Å²) in [6.07, 6.45) is 3.15. The van der Waals surface area contributed by atoms with Crippen LogP contribution in [0.15, 0.2) is 60.7 Å². The van der Waals surface area contributed by atoms with Crippen LogP contribution in [-0.2, 0) is 4.79 Å². The third kappa shape index (κ3) is 4.97. The van der Waals surface area contributed by atoms with Crippen LogP contribution >= 0.6 is 11.6 Å². The Balaban J connectivity index is 2.22. The summed E-state index contributed by atoms with van der Waals surface area (Å²) in [6, 6.07) is 14.3. The summed E-state index contributed by atoms with van der Waals surface area (Å²) in [5, 5.41) is 12.6. The molecule has 0 saturated heterocycles. The van der Waals surface area contributed by atoms with Crippen molar-refractivity contribution in [1.82, 2.24) is 0 Å². The quantitative estimate of drug-likeness (QED) is 0.463. The zero-order valence-electron chi connectivity index (χ0n) is 13.8. The molecule has 0 radical (unpaired) electrons. The van der Waals surface area contributed by atoms with Crippen molar-refractivity contribution in [3.8, 4) is 11.8 Å². The Morgan fingerprint density at radius 1 is 1.36 bits per heavy atom. The van der Waals surface area contributed by atoms with E-state index in [0.29, 0.717) is 28.6 Å². The first-order valence-corrected chi connectivity index (χ1v) is 7.95. The summed E-state index contributed by atoms with van der Waals surface area (Å²) in [7, 11) is 0. The molecule has 0 heterocycles. The zero-order valence-corrected chi connectivity index (χ0v) is 14.5. The molecule has 2 rings (SSSR count). The second-order valence-electron chi connectivity index (χ2n) is 5.21. The number of halogens is 1. The van der Waals surface area contributed by atoms with E-state index in [1.807, 2.05) is 6.07 Å². The highest BCUT2D eigenvalue weighted by atomic mass is 35.5. The lowest BCUT2D eigenvalue weighted by Gasteiger charge is -2.09. The van der Waals surface area contributed by atoms with Gasteiger partial charge in [-0.2, -0.15) is 5.26 Å². The molecular formula is C20H17ClN2O2. The standard InChI is InChI=1S/C20H17ClN2O2/c1-3-10-25-17-7-4-6-15(12-17)11-16(13-22)20(24)23-19-9-5-8-18(21)14(19)2/h3-9,11-12H,1,10H2,2H3,(H,23,24)/b16-11-. The highest BCUT2D eigenvalue weighted by Gasteiger charge is 2.12. The molecule has 4 nitrogen and oxygen atoms in total. The number of amides is 1. The fourth-order valence-electron chi connectivity index (χ4n) is 2.10. The zero-order chi connectivity index (χ0) is 18.2. The van der Waals surface area contributed by atoms with Crippen molar-refractivity contribution in [3.63, 3.8) is 0 Å². The summed E-state index contributed by atoms with van der Waals surface area (Å²) >= 11 is 6.05. The molecule has 0 aliphatic rings. The number of rotatable bonds is 6. The van der Waals surface area contributed by atoms with Crippen LogP contribution in [0.1, 0.15) is 11.1 Å². The topological polar surface area (TPSA) is 62.1 Å². The minimum atomic E-state index is -0.495. The fourth-order valence-corrected chi connectivity index (χ4v) is 2.27. The Morgan fingerprint density at radius 3 is 2.84 bits per heavy atom. The van der Waals surface area contributed by atoms with E-state index in [0.717, 1.165) is 5.56 Å². The van der Waals surface area contributed by atoms with Crippen molar-refractivity contribution >= 4 is 29.3 Å². The van der Waals surface area contributed by atoms with Gasteiger partial charge in [0, 0.05) is 10.7 Å². The summed E-state index contributed by atoms with van der Waals surface area (Å²) in [4.78, 5) is 12.4. The van der Waals surface area contributed by atoms with Crippen molar-refractivity contribution in [2.24, 2.45) is 0 Å². The summed E-state index contributed by atoms with van der Waals surface area (Å²) < 4.78 is 5.45. The summed E-state index contributed by atoms with van der Waals surface area (Å²) in [5.41, 5.74) is 1.99. The van der Waals surface area contributed by atoms with Gasteiger partial charge in [-0.1, -0.05) is 42.5 Å². The number of nitrogens with zero attached hydrogens (tertiary/aromatic N) is 1. The van der Waals surface area contributed by atoms with Gasteiger partial charge in [0.15, 0.2) is 0 Å². The van der Waals surface area contributed by atoms with Crippen molar-refractivity contribution in [1.29, 1.82) is 5.26 Å². The van der Waals surface area contributed by atoms with Gasteiger partial charge in [0.2, 0.25) is 0 Å². The van der Waals surface area contributed by atoms with Crippen LogP contribution in [0.3, 0.4) is 0 Å². The Labute approximate surface area is 152 Å². The van der Waals surface area contributed by atoms with Crippen LogP contribution in [0.2, 0.25) is 5.02 Å². The number of hydrogen-bond acceptors (Lipinski definition) is 3. The number of hydrogen-bond donors (Lipinski definition) is 1. The Kier molecular flexibility index (Phi) is 6.39. The summed E-state index contributed by atoms with van der Waals surface area (Å²) in [6.45, 7) is 5.78. The largest absolute Gasteiger partial charge is 0.490 e. The third-order valence-electron chi connectivity index (χ3n) is 3.42. The van der Waals surface area contributed by atoms with E-state index in [1.165, 1.54) is 6.08 Å². The monoisotopic (exact) mass is 352 g/mol. The molecule has 5 heteroatoms. The van der Waals surface area contributed by atoms with Crippen LogP contribution in [0.4, 0.5) is 5.69 Å². The van der Waals surface area contributed by atoms with Gasteiger partial charge in [0.25, 0.3) is 5.91 Å². The minimum Gasteiger partial charge on any atom is -0.490 e. The lowest BCUT2D eigenvalue weighted by Crippen LogP contribution is -2.14. The van der Waals surface area contributed by atoms with E-state index in [-0.39, 0.29) is 5.57 Å².